The number of rotatable bonds is 4. The second kappa shape index (κ2) is 5.80. The molecule has 1 aromatic heterocycles. The Balaban J connectivity index is 2.09. The third-order valence-corrected chi connectivity index (χ3v) is 3.49. The molecule has 2 N–H and O–H groups in total. The summed E-state index contributed by atoms with van der Waals surface area (Å²) in [7, 11) is 0. The van der Waals surface area contributed by atoms with E-state index in [-0.39, 0.29) is 18.4 Å². The van der Waals surface area contributed by atoms with Gasteiger partial charge in [0.1, 0.15) is 5.82 Å². The second-order valence-electron chi connectivity index (χ2n) is 4.85. The van der Waals surface area contributed by atoms with Crippen molar-refractivity contribution in [2.24, 2.45) is 0 Å². The fourth-order valence-electron chi connectivity index (χ4n) is 2.44. The third kappa shape index (κ3) is 3.18. The van der Waals surface area contributed by atoms with Gasteiger partial charge in [-0.25, -0.2) is 4.98 Å². The van der Waals surface area contributed by atoms with Gasteiger partial charge in [-0.15, -0.1) is 0 Å². The van der Waals surface area contributed by atoms with Crippen LogP contribution in [0.2, 0.25) is 0 Å². The topological polar surface area (TPSA) is 83.0 Å². The molecule has 1 aromatic rings. The Morgan fingerprint density at radius 2 is 2.11 bits per heavy atom. The quantitative estimate of drug-likeness (QED) is 0.854. The molecule has 5 nitrogen and oxygen atoms in total. The number of aliphatic carboxylic acids is 1. The van der Waals surface area contributed by atoms with E-state index in [1.165, 1.54) is 25.5 Å². The summed E-state index contributed by atoms with van der Waals surface area (Å²) in [5, 5.41) is 8.59. The van der Waals surface area contributed by atoms with Gasteiger partial charge in [0, 0.05) is 24.1 Å². The summed E-state index contributed by atoms with van der Waals surface area (Å²) >= 11 is 0. The molecular formula is C13H18N2O3. The number of hydrogen-bond acceptors (Lipinski definition) is 3. The first-order valence-electron chi connectivity index (χ1n) is 6.46. The molecule has 1 saturated carbocycles. The van der Waals surface area contributed by atoms with Crippen molar-refractivity contribution in [3.63, 3.8) is 0 Å². The van der Waals surface area contributed by atoms with E-state index in [9.17, 15) is 9.59 Å². The molecule has 0 amide bonds. The van der Waals surface area contributed by atoms with Crippen molar-refractivity contribution in [1.29, 1.82) is 0 Å². The van der Waals surface area contributed by atoms with Gasteiger partial charge in [-0.05, 0) is 19.3 Å². The number of carbonyl (C=O) groups is 1. The molecule has 0 aromatic carbocycles. The molecule has 0 spiro atoms. The van der Waals surface area contributed by atoms with Crippen molar-refractivity contribution in [2.75, 3.05) is 0 Å². The lowest BCUT2D eigenvalue weighted by Crippen LogP contribution is -2.20. The fourth-order valence-corrected chi connectivity index (χ4v) is 2.44. The molecule has 1 aliphatic rings. The number of carboxylic acid groups (broad SMARTS) is 1. The van der Waals surface area contributed by atoms with Gasteiger partial charge in [0.25, 0.3) is 5.56 Å². The van der Waals surface area contributed by atoms with Gasteiger partial charge < -0.3 is 10.1 Å². The summed E-state index contributed by atoms with van der Waals surface area (Å²) in [6.07, 6.45) is 7.54. The highest BCUT2D eigenvalue weighted by molar-refractivity contribution is 5.67. The molecule has 5 heteroatoms. The molecule has 1 fully saturated rings. The molecule has 0 radical (unpaired) electrons. The molecule has 0 unspecified atom stereocenters. The van der Waals surface area contributed by atoms with Crippen LogP contribution < -0.4 is 5.56 Å². The first-order valence-corrected chi connectivity index (χ1v) is 6.46. The molecule has 2 rings (SSSR count). The summed E-state index contributed by atoms with van der Waals surface area (Å²) in [6.45, 7) is 0. The number of aromatic amines is 1. The minimum Gasteiger partial charge on any atom is -0.481 e. The van der Waals surface area contributed by atoms with Crippen molar-refractivity contribution in [1.82, 2.24) is 9.97 Å². The predicted octanol–water partition coefficient (Wildman–Crippen LogP) is 1.83. The second-order valence-corrected chi connectivity index (χ2v) is 4.85. The minimum atomic E-state index is -0.897. The van der Waals surface area contributed by atoms with Crippen molar-refractivity contribution in [3.8, 4) is 0 Å². The number of hydrogen-bond donors (Lipinski definition) is 2. The van der Waals surface area contributed by atoms with Crippen molar-refractivity contribution < 1.29 is 9.90 Å². The normalized spacial score (nSPS) is 16.7. The van der Waals surface area contributed by atoms with E-state index in [0.29, 0.717) is 11.5 Å². The Bertz CT molecular complexity index is 475. The molecule has 1 aliphatic carbocycles. The van der Waals surface area contributed by atoms with Gasteiger partial charge in [-0.2, -0.15) is 0 Å². The average Bonchev–Trinajstić information content (AvgIpc) is 2.38. The van der Waals surface area contributed by atoms with E-state index in [1.807, 2.05) is 0 Å². The van der Waals surface area contributed by atoms with Gasteiger partial charge in [-0.3, -0.25) is 9.59 Å². The molecular weight excluding hydrogens is 232 g/mol. The smallest absolute Gasteiger partial charge is 0.303 e. The van der Waals surface area contributed by atoms with E-state index < -0.39 is 5.97 Å². The maximum atomic E-state index is 11.8. The molecule has 18 heavy (non-hydrogen) atoms. The standard InChI is InChI=1S/C13H18N2O3/c16-11(17)7-6-10-8-14-12(15-13(10)18)9-4-2-1-3-5-9/h8-9H,1-7H2,(H,16,17)(H,14,15,18). The maximum absolute atomic E-state index is 11.8. The number of aromatic nitrogens is 2. The number of nitrogens with zero attached hydrogens (tertiary/aromatic N) is 1. The number of carboxylic acids is 1. The van der Waals surface area contributed by atoms with E-state index in [1.54, 1.807) is 0 Å². The van der Waals surface area contributed by atoms with Gasteiger partial charge in [-0.1, -0.05) is 19.3 Å². The monoisotopic (exact) mass is 250 g/mol. The average molecular weight is 250 g/mol. The lowest BCUT2D eigenvalue weighted by atomic mass is 9.88. The Hall–Kier alpha value is -1.65. The summed E-state index contributed by atoms with van der Waals surface area (Å²) in [4.78, 5) is 29.4. The van der Waals surface area contributed by atoms with Crippen LogP contribution in [0.3, 0.4) is 0 Å². The van der Waals surface area contributed by atoms with E-state index >= 15 is 0 Å². The Morgan fingerprint density at radius 3 is 2.72 bits per heavy atom. The van der Waals surface area contributed by atoms with E-state index in [0.717, 1.165) is 18.7 Å². The van der Waals surface area contributed by atoms with Gasteiger partial charge in [0.05, 0.1) is 0 Å². The summed E-state index contributed by atoms with van der Waals surface area (Å²) in [6, 6.07) is 0. The number of H-pyrrole nitrogens is 1. The number of nitrogens with one attached hydrogen (secondary N) is 1. The summed E-state index contributed by atoms with van der Waals surface area (Å²) < 4.78 is 0. The van der Waals surface area contributed by atoms with Crippen LogP contribution in [-0.4, -0.2) is 21.0 Å². The lowest BCUT2D eigenvalue weighted by Gasteiger charge is -2.20. The van der Waals surface area contributed by atoms with E-state index in [4.69, 9.17) is 5.11 Å². The maximum Gasteiger partial charge on any atom is 0.303 e. The highest BCUT2D eigenvalue weighted by atomic mass is 16.4. The van der Waals surface area contributed by atoms with Gasteiger partial charge in [0.15, 0.2) is 0 Å². The molecule has 98 valence electrons. The van der Waals surface area contributed by atoms with Gasteiger partial charge in [0.2, 0.25) is 0 Å². The Kier molecular flexibility index (Phi) is 4.12. The predicted molar refractivity (Wildman–Crippen MR) is 66.6 cm³/mol. The zero-order valence-electron chi connectivity index (χ0n) is 10.3. The molecule has 0 bridgehead atoms. The molecule has 0 saturated heterocycles. The van der Waals surface area contributed by atoms with Crippen LogP contribution in [0.4, 0.5) is 0 Å². The number of aryl methyl sites for hydroxylation is 1. The van der Waals surface area contributed by atoms with Crippen LogP contribution in [0.1, 0.15) is 55.8 Å². The largest absolute Gasteiger partial charge is 0.481 e. The van der Waals surface area contributed by atoms with Crippen molar-refractivity contribution in [2.45, 2.75) is 50.9 Å². The van der Waals surface area contributed by atoms with Crippen molar-refractivity contribution in [3.05, 3.63) is 27.9 Å². The zero-order valence-corrected chi connectivity index (χ0v) is 10.3. The van der Waals surface area contributed by atoms with Crippen molar-refractivity contribution >= 4 is 5.97 Å². The van der Waals surface area contributed by atoms with Crippen LogP contribution in [0.5, 0.6) is 0 Å². The fraction of sp³-hybridized carbons (Fsp3) is 0.615. The molecule has 0 atom stereocenters. The van der Waals surface area contributed by atoms with Crippen LogP contribution in [-0.2, 0) is 11.2 Å². The highest BCUT2D eigenvalue weighted by Crippen LogP contribution is 2.29. The summed E-state index contributed by atoms with van der Waals surface area (Å²) in [5.74, 6) is 0.226. The third-order valence-electron chi connectivity index (χ3n) is 3.49. The van der Waals surface area contributed by atoms with Gasteiger partial charge >= 0.3 is 5.97 Å². The minimum absolute atomic E-state index is 0.0342. The highest BCUT2D eigenvalue weighted by Gasteiger charge is 2.18. The molecule has 0 aliphatic heterocycles. The Morgan fingerprint density at radius 1 is 1.39 bits per heavy atom. The first-order chi connectivity index (χ1) is 8.66. The SMILES string of the molecule is O=C(O)CCc1cnc(C2CCCCC2)[nH]c1=O. The lowest BCUT2D eigenvalue weighted by molar-refractivity contribution is -0.136. The summed E-state index contributed by atoms with van der Waals surface area (Å²) in [5.41, 5.74) is 0.267. The Labute approximate surface area is 105 Å². The first kappa shape index (κ1) is 12.8. The van der Waals surface area contributed by atoms with Crippen LogP contribution in [0, 0.1) is 0 Å². The van der Waals surface area contributed by atoms with Crippen LogP contribution in [0.15, 0.2) is 11.0 Å². The van der Waals surface area contributed by atoms with E-state index in [2.05, 4.69) is 9.97 Å². The molecule has 1 heterocycles. The van der Waals surface area contributed by atoms with Crippen LogP contribution in [0.25, 0.3) is 0 Å². The van der Waals surface area contributed by atoms with Crippen LogP contribution >= 0.6 is 0 Å². The zero-order chi connectivity index (χ0) is 13.0.